The van der Waals surface area contributed by atoms with E-state index >= 15 is 0 Å². The highest BCUT2D eigenvalue weighted by atomic mass is 32.2. The number of carbonyl (C=O) groups is 6. The van der Waals surface area contributed by atoms with Gasteiger partial charge in [-0.3, -0.25) is 24.0 Å². The minimum atomic E-state index is -0.627. The summed E-state index contributed by atoms with van der Waals surface area (Å²) in [6.45, 7) is 16.9. The Morgan fingerprint density at radius 3 is 1.60 bits per heavy atom. The molecule has 6 rings (SSSR count). The van der Waals surface area contributed by atoms with Gasteiger partial charge >= 0.3 is 35.8 Å². The molecule has 1 heterocycles. The van der Waals surface area contributed by atoms with Crippen LogP contribution in [0.4, 0.5) is 0 Å². The summed E-state index contributed by atoms with van der Waals surface area (Å²) in [5.74, 6) is -0.821. The summed E-state index contributed by atoms with van der Waals surface area (Å²) in [6, 6.07) is 12.0. The van der Waals surface area contributed by atoms with Crippen LogP contribution in [-0.4, -0.2) is 55.6 Å². The number of allylic oxidation sites excluding steroid dienone is 1. The minimum absolute atomic E-state index is 0.0836. The number of ether oxygens (including phenoxy) is 6. The van der Waals surface area contributed by atoms with E-state index in [0.717, 1.165) is 60.9 Å². The molecule has 16 heteroatoms. The monoisotopic (exact) mass is 970 g/mol. The standard InChI is InChI=1S/C50H56N2O12S2.C2H6/c1-4-31-6-10-33(11-7-31)34-12-14-36(15-13-34)48(57)63-40-22-23-41(46-45(40)65-50(66-46)39(30-51)52-3)64-49(58)37-18-16-35(17-19-37)47(56)62-38-20-8-32(9-21-38)26-27-59-43(54)24-25-44(55)61-29-28-60-42(53)5-2;1-2/h5,8-9,20-23,31,33-37H,2,4,6-7,10-19,24-29H2,1H3;1-2H3/b50-39-;. The van der Waals surface area contributed by atoms with Gasteiger partial charge in [0.05, 0.1) is 63.9 Å². The fourth-order valence-corrected chi connectivity index (χ4v) is 11.5. The van der Waals surface area contributed by atoms with Crippen molar-refractivity contribution in [3.8, 4) is 23.3 Å². The Balaban J connectivity index is 0.00000426. The highest BCUT2D eigenvalue weighted by Gasteiger charge is 2.37. The second-order valence-corrected chi connectivity index (χ2v) is 19.4. The van der Waals surface area contributed by atoms with Gasteiger partial charge in [0.1, 0.15) is 30.5 Å². The van der Waals surface area contributed by atoms with Crippen LogP contribution in [0, 0.1) is 53.4 Å². The predicted molar refractivity (Wildman–Crippen MR) is 255 cm³/mol. The van der Waals surface area contributed by atoms with Crippen molar-refractivity contribution in [3.05, 3.63) is 76.0 Å². The van der Waals surface area contributed by atoms with Gasteiger partial charge in [0, 0.05) is 12.5 Å². The number of carbonyl (C=O) groups excluding carboxylic acids is 6. The summed E-state index contributed by atoms with van der Waals surface area (Å²) >= 11 is 2.32. The molecule has 0 amide bonds. The van der Waals surface area contributed by atoms with Crippen molar-refractivity contribution in [2.24, 2.45) is 35.5 Å². The van der Waals surface area contributed by atoms with Gasteiger partial charge in [-0.15, -0.1) is 0 Å². The van der Waals surface area contributed by atoms with E-state index in [2.05, 4.69) is 18.3 Å². The van der Waals surface area contributed by atoms with E-state index in [0.29, 0.717) is 63.5 Å². The lowest BCUT2D eigenvalue weighted by Gasteiger charge is -2.37. The molecule has 0 atom stereocenters. The van der Waals surface area contributed by atoms with E-state index in [1.807, 2.05) is 19.9 Å². The van der Waals surface area contributed by atoms with Crippen LogP contribution in [0.3, 0.4) is 0 Å². The number of rotatable bonds is 18. The van der Waals surface area contributed by atoms with Gasteiger partial charge in [0.15, 0.2) is 0 Å². The Labute approximate surface area is 408 Å². The average Bonchev–Trinajstić information content (AvgIpc) is 3.83. The number of benzene rings is 2. The van der Waals surface area contributed by atoms with Crippen LogP contribution < -0.4 is 14.2 Å². The van der Waals surface area contributed by atoms with Crippen molar-refractivity contribution in [3.63, 3.8) is 0 Å². The number of esters is 6. The van der Waals surface area contributed by atoms with E-state index in [1.165, 1.54) is 43.9 Å². The van der Waals surface area contributed by atoms with Gasteiger partial charge in [0.2, 0.25) is 0 Å². The number of fused-ring (bicyclic) bond motifs is 1. The molecule has 0 N–H and O–H groups in total. The Bertz CT molecular complexity index is 2210. The highest BCUT2D eigenvalue weighted by molar-refractivity contribution is 8.24. The summed E-state index contributed by atoms with van der Waals surface area (Å²) in [5.41, 5.74) is 0.741. The molecule has 14 nitrogen and oxygen atoms in total. The molecule has 1 aliphatic heterocycles. The second-order valence-electron chi connectivity index (χ2n) is 17.1. The first-order valence-corrected chi connectivity index (χ1v) is 25.5. The lowest BCUT2D eigenvalue weighted by molar-refractivity contribution is -0.152. The third-order valence-electron chi connectivity index (χ3n) is 13.0. The number of thioether (sulfide) groups is 2. The van der Waals surface area contributed by atoms with Crippen LogP contribution in [0.2, 0.25) is 0 Å². The first-order chi connectivity index (χ1) is 33.0. The van der Waals surface area contributed by atoms with Crippen LogP contribution in [-0.2, 0) is 49.4 Å². The molecule has 364 valence electrons. The average molecular weight is 971 g/mol. The number of nitrogens with zero attached hydrogens (tertiary/aromatic N) is 2. The summed E-state index contributed by atoms with van der Waals surface area (Å²) in [7, 11) is 0. The molecular formula is C52H62N2O12S2. The van der Waals surface area contributed by atoms with Crippen molar-refractivity contribution >= 4 is 59.3 Å². The van der Waals surface area contributed by atoms with Gasteiger partial charge in [-0.25, -0.2) is 14.9 Å². The second kappa shape index (κ2) is 27.4. The van der Waals surface area contributed by atoms with Crippen molar-refractivity contribution in [1.82, 2.24) is 0 Å². The van der Waals surface area contributed by atoms with E-state index < -0.39 is 41.7 Å². The van der Waals surface area contributed by atoms with Crippen LogP contribution in [0.1, 0.15) is 123 Å². The summed E-state index contributed by atoms with van der Waals surface area (Å²) < 4.78 is 32.9. The Morgan fingerprint density at radius 1 is 0.676 bits per heavy atom. The zero-order valence-corrected chi connectivity index (χ0v) is 40.9. The van der Waals surface area contributed by atoms with Gasteiger partial charge in [-0.05, 0) is 112 Å². The molecule has 68 heavy (non-hydrogen) atoms. The SMILES string of the molecule is CC.[C-]#[N+]/C(C#N)=C1\Sc2c(OC(=O)C3CCC(C(=O)Oc4ccc(CCOC(=O)CCC(=O)OCCOC(=O)C=C)cc4)CC3)ccc(OC(=O)C3CCC(C4CCC(CC)CC4)CC3)c2S1. The number of hydrogen-bond acceptors (Lipinski definition) is 15. The van der Waals surface area contributed by atoms with Gasteiger partial charge in [-0.1, -0.05) is 82.3 Å². The summed E-state index contributed by atoms with van der Waals surface area (Å²) in [5, 5.41) is 9.65. The van der Waals surface area contributed by atoms with E-state index in [1.54, 1.807) is 36.4 Å². The minimum Gasteiger partial charge on any atom is -0.465 e. The Hall–Kier alpha value is -5.58. The molecule has 0 saturated heterocycles. The first kappa shape index (κ1) is 53.4. The number of nitriles is 1. The fraction of sp³-hybridized carbons (Fsp3) is 0.538. The normalized spacial score (nSPS) is 22.5. The van der Waals surface area contributed by atoms with Crippen molar-refractivity contribution < 1.29 is 57.2 Å². The molecule has 2 aromatic carbocycles. The summed E-state index contributed by atoms with van der Waals surface area (Å²) in [6.07, 6.45) is 12.8. The maximum atomic E-state index is 13.6. The number of hydrogen-bond donors (Lipinski definition) is 0. The molecule has 0 unspecified atom stereocenters. The molecule has 3 aliphatic carbocycles. The molecule has 0 radical (unpaired) electrons. The molecular weight excluding hydrogens is 909 g/mol. The van der Waals surface area contributed by atoms with Gasteiger partial charge in [0.25, 0.3) is 5.70 Å². The quantitative estimate of drug-likeness (QED) is 0.0261. The molecule has 2 aromatic rings. The summed E-state index contributed by atoms with van der Waals surface area (Å²) in [4.78, 5) is 79.5. The van der Waals surface area contributed by atoms with Gasteiger partial charge in [-0.2, -0.15) is 0 Å². The van der Waals surface area contributed by atoms with Crippen LogP contribution in [0.5, 0.6) is 17.2 Å². The lowest BCUT2D eigenvalue weighted by Crippen LogP contribution is -2.30. The Kier molecular flexibility index (Phi) is 21.5. The Morgan fingerprint density at radius 2 is 1.13 bits per heavy atom. The molecule has 0 aromatic heterocycles. The molecule has 0 spiro atoms. The maximum Gasteiger partial charge on any atom is 0.330 e. The molecule has 3 saturated carbocycles. The lowest BCUT2D eigenvalue weighted by atomic mass is 9.69. The van der Waals surface area contributed by atoms with Crippen molar-refractivity contribution in [1.29, 1.82) is 5.26 Å². The predicted octanol–water partition coefficient (Wildman–Crippen LogP) is 10.9. The third-order valence-corrected chi connectivity index (χ3v) is 15.6. The van der Waals surface area contributed by atoms with E-state index in [4.69, 9.17) is 35.0 Å². The van der Waals surface area contributed by atoms with Crippen molar-refractivity contribution in [2.45, 2.75) is 133 Å². The third kappa shape index (κ3) is 15.5. The largest absolute Gasteiger partial charge is 0.465 e. The van der Waals surface area contributed by atoms with Crippen LogP contribution in [0.25, 0.3) is 4.85 Å². The van der Waals surface area contributed by atoms with E-state index in [9.17, 15) is 34.0 Å². The smallest absolute Gasteiger partial charge is 0.330 e. The topological polar surface area (TPSA) is 186 Å². The molecule has 4 aliphatic rings. The van der Waals surface area contributed by atoms with Crippen molar-refractivity contribution in [2.75, 3.05) is 19.8 Å². The zero-order chi connectivity index (χ0) is 49.0. The molecule has 3 fully saturated rings. The van der Waals surface area contributed by atoms with Crippen LogP contribution >= 0.6 is 23.5 Å². The molecule has 0 bridgehead atoms. The highest BCUT2D eigenvalue weighted by Crippen LogP contribution is 2.59. The zero-order valence-electron chi connectivity index (χ0n) is 39.3. The first-order valence-electron chi connectivity index (χ1n) is 23.9. The fourth-order valence-electron chi connectivity index (χ4n) is 9.05. The maximum absolute atomic E-state index is 13.6. The van der Waals surface area contributed by atoms with E-state index in [-0.39, 0.29) is 56.0 Å². The van der Waals surface area contributed by atoms with Gasteiger partial charge < -0.3 is 28.4 Å². The van der Waals surface area contributed by atoms with Crippen LogP contribution in [0.15, 0.2) is 68.8 Å².